The molecule has 1 heterocycles. The molecule has 1 fully saturated rings. The van der Waals surface area contributed by atoms with Crippen molar-refractivity contribution >= 4 is 5.96 Å². The molecule has 1 aromatic rings. The lowest BCUT2D eigenvalue weighted by Gasteiger charge is -2.37. The smallest absolute Gasteiger partial charge is 0.191 e. The van der Waals surface area contributed by atoms with Crippen LogP contribution in [0, 0.1) is 0 Å². The van der Waals surface area contributed by atoms with E-state index in [9.17, 15) is 5.11 Å². The predicted molar refractivity (Wildman–Crippen MR) is 110 cm³/mol. The molecule has 146 valence electrons. The Hall–Kier alpha value is -1.59. The zero-order valence-corrected chi connectivity index (χ0v) is 16.6. The van der Waals surface area contributed by atoms with Crippen LogP contribution in [0.25, 0.3) is 0 Å². The van der Waals surface area contributed by atoms with Crippen molar-refractivity contribution in [2.75, 3.05) is 32.8 Å². The van der Waals surface area contributed by atoms with Crippen LogP contribution in [0.4, 0.5) is 0 Å². The van der Waals surface area contributed by atoms with Crippen molar-refractivity contribution < 1.29 is 5.11 Å². The molecule has 2 rings (SSSR count). The van der Waals surface area contributed by atoms with Gasteiger partial charge in [0.15, 0.2) is 5.96 Å². The maximum atomic E-state index is 9.73. The van der Waals surface area contributed by atoms with E-state index in [-0.39, 0.29) is 12.5 Å². The zero-order valence-electron chi connectivity index (χ0n) is 16.6. The Labute approximate surface area is 158 Å². The van der Waals surface area contributed by atoms with E-state index in [4.69, 9.17) is 4.99 Å². The molecule has 1 aliphatic heterocycles. The number of likely N-dealkylation sites (tertiary alicyclic amines) is 1. The summed E-state index contributed by atoms with van der Waals surface area (Å²) in [5.41, 5.74) is 1.15. The molecule has 26 heavy (non-hydrogen) atoms. The van der Waals surface area contributed by atoms with Crippen LogP contribution in [0.3, 0.4) is 0 Å². The van der Waals surface area contributed by atoms with E-state index >= 15 is 0 Å². The number of aliphatic imine (C=N–C) groups is 1. The van der Waals surface area contributed by atoms with E-state index < -0.39 is 0 Å². The third-order valence-electron chi connectivity index (χ3n) is 5.29. The first-order valence-corrected chi connectivity index (χ1v) is 10.1. The lowest BCUT2D eigenvalue weighted by atomic mass is 10.0. The molecule has 0 saturated carbocycles. The minimum Gasteiger partial charge on any atom is -0.396 e. The molecular weight excluding hydrogens is 324 g/mol. The molecule has 5 nitrogen and oxygen atoms in total. The Balaban J connectivity index is 1.91. The number of hydrogen-bond donors (Lipinski definition) is 3. The van der Waals surface area contributed by atoms with E-state index in [1.54, 1.807) is 0 Å². The normalized spacial score (nSPS) is 21.2. The summed E-state index contributed by atoms with van der Waals surface area (Å²) >= 11 is 0. The molecule has 0 amide bonds. The fourth-order valence-corrected chi connectivity index (χ4v) is 3.68. The fraction of sp³-hybridized carbons (Fsp3) is 0.667. The van der Waals surface area contributed by atoms with Crippen LogP contribution in [-0.4, -0.2) is 60.8 Å². The van der Waals surface area contributed by atoms with E-state index in [0.29, 0.717) is 18.6 Å². The highest BCUT2D eigenvalue weighted by Gasteiger charge is 2.22. The number of hydrogen-bond acceptors (Lipinski definition) is 3. The molecule has 0 bridgehead atoms. The number of aliphatic hydroxyl groups excluding tert-OH is 1. The standard InChI is InChI=1S/C21H36N4O/c1-4-22-21(23-14-18(3)25-13-9-8-10-17(25)2)24-15-20(16-26)19-11-6-5-7-12-19/h5-7,11-12,17-18,20,26H,4,8-10,13-16H2,1-3H3,(H2,22,23,24). The van der Waals surface area contributed by atoms with Crippen LogP contribution in [0.2, 0.25) is 0 Å². The SMILES string of the molecule is CCNC(=NCC(C)N1CCCCC1C)NCC(CO)c1ccccc1. The summed E-state index contributed by atoms with van der Waals surface area (Å²) in [6.07, 6.45) is 3.94. The van der Waals surface area contributed by atoms with Gasteiger partial charge in [0, 0.05) is 31.1 Å². The molecule has 1 saturated heterocycles. The summed E-state index contributed by atoms with van der Waals surface area (Å²) in [4.78, 5) is 7.37. The van der Waals surface area contributed by atoms with Gasteiger partial charge in [0.2, 0.25) is 0 Å². The molecule has 3 atom stereocenters. The van der Waals surface area contributed by atoms with E-state index in [1.807, 2.05) is 18.2 Å². The summed E-state index contributed by atoms with van der Waals surface area (Å²) < 4.78 is 0. The molecule has 0 aromatic heterocycles. The topological polar surface area (TPSA) is 59.9 Å². The van der Waals surface area contributed by atoms with E-state index in [0.717, 1.165) is 24.6 Å². The van der Waals surface area contributed by atoms with Crippen molar-refractivity contribution in [2.24, 2.45) is 4.99 Å². The highest BCUT2D eigenvalue weighted by molar-refractivity contribution is 5.79. The van der Waals surface area contributed by atoms with Gasteiger partial charge in [-0.15, -0.1) is 0 Å². The van der Waals surface area contributed by atoms with Gasteiger partial charge in [0.25, 0.3) is 0 Å². The second-order valence-corrected chi connectivity index (χ2v) is 7.32. The van der Waals surface area contributed by atoms with Gasteiger partial charge in [0.1, 0.15) is 0 Å². The number of piperidine rings is 1. The summed E-state index contributed by atoms with van der Waals surface area (Å²) in [7, 11) is 0. The predicted octanol–water partition coefficient (Wildman–Crippen LogP) is 2.58. The Bertz CT molecular complexity index is 534. The molecule has 0 radical (unpaired) electrons. The maximum absolute atomic E-state index is 9.73. The average Bonchev–Trinajstić information content (AvgIpc) is 2.67. The van der Waals surface area contributed by atoms with Crippen molar-refractivity contribution in [1.82, 2.24) is 15.5 Å². The van der Waals surface area contributed by atoms with E-state index in [1.165, 1.54) is 25.8 Å². The van der Waals surface area contributed by atoms with Crippen molar-refractivity contribution in [3.63, 3.8) is 0 Å². The third kappa shape index (κ3) is 6.29. The van der Waals surface area contributed by atoms with Crippen molar-refractivity contribution in [3.05, 3.63) is 35.9 Å². The lowest BCUT2D eigenvalue weighted by molar-refractivity contribution is 0.118. The number of nitrogens with one attached hydrogen (secondary N) is 2. The van der Waals surface area contributed by atoms with Crippen LogP contribution in [0.1, 0.15) is 51.5 Å². The molecule has 3 N–H and O–H groups in total. The molecule has 3 unspecified atom stereocenters. The Morgan fingerprint density at radius 1 is 1.27 bits per heavy atom. The van der Waals surface area contributed by atoms with E-state index in [2.05, 4.69) is 48.4 Å². The van der Waals surface area contributed by atoms with Crippen LogP contribution in [-0.2, 0) is 0 Å². The third-order valence-corrected chi connectivity index (χ3v) is 5.29. The van der Waals surface area contributed by atoms with Gasteiger partial charge in [-0.2, -0.15) is 0 Å². The average molecular weight is 361 g/mol. The van der Waals surface area contributed by atoms with Crippen molar-refractivity contribution in [3.8, 4) is 0 Å². The van der Waals surface area contributed by atoms with Crippen molar-refractivity contribution in [1.29, 1.82) is 0 Å². The Morgan fingerprint density at radius 3 is 2.69 bits per heavy atom. The van der Waals surface area contributed by atoms with Gasteiger partial charge >= 0.3 is 0 Å². The van der Waals surface area contributed by atoms with Gasteiger partial charge in [-0.25, -0.2) is 0 Å². The van der Waals surface area contributed by atoms with Crippen LogP contribution in [0.15, 0.2) is 35.3 Å². The van der Waals surface area contributed by atoms with Gasteiger partial charge in [-0.1, -0.05) is 36.8 Å². The highest BCUT2D eigenvalue weighted by Crippen LogP contribution is 2.19. The summed E-state index contributed by atoms with van der Waals surface area (Å²) in [5.74, 6) is 0.901. The monoisotopic (exact) mass is 360 g/mol. The second-order valence-electron chi connectivity index (χ2n) is 7.32. The summed E-state index contributed by atoms with van der Waals surface area (Å²) in [5, 5.41) is 16.5. The molecule has 1 aromatic carbocycles. The quantitative estimate of drug-likeness (QED) is 0.493. The first kappa shape index (κ1) is 20.7. The van der Waals surface area contributed by atoms with Gasteiger partial charge in [0.05, 0.1) is 13.2 Å². The number of nitrogens with zero attached hydrogens (tertiary/aromatic N) is 2. The van der Waals surface area contributed by atoms with Crippen LogP contribution >= 0.6 is 0 Å². The first-order valence-electron chi connectivity index (χ1n) is 10.1. The fourth-order valence-electron chi connectivity index (χ4n) is 3.68. The molecule has 0 spiro atoms. The second kappa shape index (κ2) is 11.2. The molecule has 5 heteroatoms. The summed E-state index contributed by atoms with van der Waals surface area (Å²) in [6.45, 7) is 10.3. The lowest BCUT2D eigenvalue weighted by Crippen LogP contribution is -2.46. The number of guanidine groups is 1. The van der Waals surface area contributed by atoms with Crippen LogP contribution in [0.5, 0.6) is 0 Å². The van der Waals surface area contributed by atoms with Gasteiger partial charge < -0.3 is 15.7 Å². The largest absolute Gasteiger partial charge is 0.396 e. The minimum absolute atomic E-state index is 0.0691. The molecular formula is C21H36N4O. The summed E-state index contributed by atoms with van der Waals surface area (Å²) in [6, 6.07) is 11.3. The van der Waals surface area contributed by atoms with Crippen LogP contribution < -0.4 is 10.6 Å². The number of aliphatic hydroxyl groups is 1. The number of benzene rings is 1. The highest BCUT2D eigenvalue weighted by atomic mass is 16.3. The zero-order chi connectivity index (χ0) is 18.8. The van der Waals surface area contributed by atoms with Crippen molar-refractivity contribution in [2.45, 2.75) is 58.0 Å². The minimum atomic E-state index is 0.0691. The maximum Gasteiger partial charge on any atom is 0.191 e. The molecule has 1 aliphatic rings. The first-order chi connectivity index (χ1) is 12.7. The molecule has 0 aliphatic carbocycles. The van der Waals surface area contributed by atoms with Gasteiger partial charge in [-0.05, 0) is 45.7 Å². The van der Waals surface area contributed by atoms with Gasteiger partial charge in [-0.3, -0.25) is 9.89 Å². The Morgan fingerprint density at radius 2 is 2.04 bits per heavy atom. The number of rotatable bonds is 8. The Kier molecular flexibility index (Phi) is 8.92.